The van der Waals surface area contributed by atoms with Crippen molar-refractivity contribution in [3.05, 3.63) is 90.5 Å². The fourth-order valence-corrected chi connectivity index (χ4v) is 9.75. The van der Waals surface area contributed by atoms with Crippen molar-refractivity contribution < 1.29 is 19.4 Å². The van der Waals surface area contributed by atoms with Crippen LogP contribution in [0.25, 0.3) is 5.65 Å². The van der Waals surface area contributed by atoms with Crippen molar-refractivity contribution in [2.24, 2.45) is 0 Å². The van der Waals surface area contributed by atoms with Crippen LogP contribution in [-0.2, 0) is 26.1 Å². The van der Waals surface area contributed by atoms with Crippen LogP contribution in [0.3, 0.4) is 0 Å². The number of carboxylic acid groups (broad SMARTS) is 1. The predicted octanol–water partition coefficient (Wildman–Crippen LogP) is 7.07. The fourth-order valence-electron chi connectivity index (χ4n) is 9.75. The van der Waals surface area contributed by atoms with Crippen molar-refractivity contribution in [2.45, 2.75) is 89.0 Å². The van der Waals surface area contributed by atoms with E-state index in [9.17, 15) is 9.90 Å². The van der Waals surface area contributed by atoms with E-state index in [4.69, 9.17) is 20.3 Å². The van der Waals surface area contributed by atoms with Crippen LogP contribution in [0, 0.1) is 0 Å². The quantitative estimate of drug-likeness (QED) is 0.131. The highest BCUT2D eigenvalue weighted by Crippen LogP contribution is 2.42. The minimum atomic E-state index is -0.647. The smallest absolute Gasteiger partial charge is 0.314 e. The molecule has 64 heavy (non-hydrogen) atoms. The summed E-state index contributed by atoms with van der Waals surface area (Å²) in [6.45, 7) is 13.2. The second-order valence-corrected chi connectivity index (χ2v) is 17.6. The summed E-state index contributed by atoms with van der Waals surface area (Å²) in [6, 6.07) is 20.9. The van der Waals surface area contributed by atoms with Crippen molar-refractivity contribution in [3.8, 4) is 0 Å². The molecule has 1 atom stereocenters. The molecule has 4 aliphatic heterocycles. The van der Waals surface area contributed by atoms with E-state index in [1.54, 1.807) is 6.20 Å². The molecule has 4 aromatic heterocycles. The second kappa shape index (κ2) is 21.8. The first-order valence-corrected chi connectivity index (χ1v) is 23.7. The molecular formula is C49H67N11O4. The number of anilines is 6. The van der Waals surface area contributed by atoms with Gasteiger partial charge in [-0.1, -0.05) is 38.3 Å². The molecule has 342 valence electrons. The topological polar surface area (TPSA) is 163 Å². The first kappa shape index (κ1) is 44.9. The average Bonchev–Trinajstić information content (AvgIpc) is 4.02. The molecule has 10 rings (SSSR count). The molecule has 5 aromatic rings. The zero-order valence-corrected chi connectivity index (χ0v) is 37.6. The molecule has 0 spiro atoms. The van der Waals surface area contributed by atoms with E-state index in [1.807, 2.05) is 41.2 Å². The molecule has 0 amide bonds. The molecule has 1 aromatic carbocycles. The Balaban J connectivity index is 0.000000145. The van der Waals surface area contributed by atoms with Gasteiger partial charge in [0, 0.05) is 100.0 Å². The second-order valence-electron chi connectivity index (χ2n) is 17.6. The van der Waals surface area contributed by atoms with Crippen molar-refractivity contribution in [1.29, 1.82) is 0 Å². The summed E-state index contributed by atoms with van der Waals surface area (Å²) in [4.78, 5) is 34.2. The molecule has 4 saturated heterocycles. The predicted molar refractivity (Wildman–Crippen MR) is 255 cm³/mol. The highest BCUT2D eigenvalue weighted by Gasteiger charge is 2.43. The van der Waals surface area contributed by atoms with Crippen molar-refractivity contribution in [2.75, 3.05) is 109 Å². The Labute approximate surface area is 378 Å². The van der Waals surface area contributed by atoms with Crippen LogP contribution in [0.1, 0.15) is 82.4 Å². The Kier molecular flexibility index (Phi) is 15.3. The third-order valence-electron chi connectivity index (χ3n) is 13.3. The molecule has 5 fully saturated rings. The number of hydrogen-bond donors (Lipinski definition) is 3. The number of morpholine rings is 2. The van der Waals surface area contributed by atoms with E-state index in [-0.39, 0.29) is 0 Å². The lowest BCUT2D eigenvalue weighted by Gasteiger charge is -2.34. The standard InChI is InChI=1S/C23H31N7O.C17H23NO2.C9H13N3O/c1-2-4-20-16-25-22-6-7-23(27-30(20)22)29-10-3-5-18(17-29)26-21-15-19(8-9-24-21)28-11-13-31-14-12-28;19-16(20)17(9-2-3-10-17)14-7-6-8-15(13-14)18-11-4-1-5-12-18;10-9-7-8(1-2-11-9)12-3-5-13-6-4-12/h6-9,15-16,18H,2-5,10-14,17H2,1H3,(H,24,26);6-8,13H,1-5,9-12H2,(H,19,20);1-2,7H,3-6H2,(H2,10,11). The minimum absolute atomic E-state index is 0.344. The molecule has 1 saturated carbocycles. The van der Waals surface area contributed by atoms with Gasteiger partial charge >= 0.3 is 5.97 Å². The van der Waals surface area contributed by atoms with E-state index in [1.165, 1.54) is 36.3 Å². The number of fused-ring (bicyclic) bond motifs is 1. The molecule has 8 heterocycles. The lowest BCUT2D eigenvalue weighted by Crippen LogP contribution is -2.43. The number of nitrogens with zero attached hydrogens (tertiary/aromatic N) is 9. The number of aliphatic carboxylic acids is 1. The summed E-state index contributed by atoms with van der Waals surface area (Å²) in [5.41, 5.74) is 11.6. The first-order chi connectivity index (χ1) is 31.4. The number of carboxylic acids is 1. The molecule has 5 aliphatic rings. The van der Waals surface area contributed by atoms with Gasteiger partial charge in [0.05, 0.1) is 43.7 Å². The SMILES string of the molecule is CCCc1cnc2ccc(N3CCCC(Nc4cc(N5CCOCC5)ccn4)C3)nn12.Nc1cc(N2CCOCC2)ccn1.O=C(O)C1(c2cccc(N3CCCCC3)c2)CCCC1. The summed E-state index contributed by atoms with van der Waals surface area (Å²) in [6.07, 6.45) is 17.4. The number of imidazole rings is 1. The Morgan fingerprint density at radius 2 is 1.41 bits per heavy atom. The van der Waals surface area contributed by atoms with E-state index in [0.29, 0.717) is 11.9 Å². The van der Waals surface area contributed by atoms with Crippen LogP contribution in [0.4, 0.5) is 34.5 Å². The van der Waals surface area contributed by atoms with Crippen molar-refractivity contribution in [1.82, 2.24) is 24.6 Å². The molecule has 0 bridgehead atoms. The van der Waals surface area contributed by atoms with Gasteiger partial charge < -0.3 is 45.2 Å². The maximum atomic E-state index is 11.8. The monoisotopic (exact) mass is 874 g/mol. The van der Waals surface area contributed by atoms with Gasteiger partial charge in [-0.05, 0) is 93.3 Å². The minimum Gasteiger partial charge on any atom is -0.481 e. The molecule has 15 nitrogen and oxygen atoms in total. The number of carbonyl (C=O) groups is 1. The number of nitrogen functional groups attached to an aromatic ring is 1. The summed E-state index contributed by atoms with van der Waals surface area (Å²) in [5, 5.41) is 18.3. The third kappa shape index (κ3) is 11.2. The number of aromatic nitrogens is 5. The lowest BCUT2D eigenvalue weighted by atomic mass is 9.79. The van der Waals surface area contributed by atoms with Crippen LogP contribution in [0.5, 0.6) is 0 Å². The third-order valence-corrected chi connectivity index (χ3v) is 13.3. The zero-order chi connectivity index (χ0) is 44.1. The van der Waals surface area contributed by atoms with E-state index >= 15 is 0 Å². The number of nitrogens with one attached hydrogen (secondary N) is 1. The Hall–Kier alpha value is -5.67. The molecule has 15 heteroatoms. The number of pyridine rings is 2. The summed E-state index contributed by atoms with van der Waals surface area (Å²) >= 11 is 0. The molecular weight excluding hydrogens is 807 g/mol. The normalized spacial score (nSPS) is 19.9. The summed E-state index contributed by atoms with van der Waals surface area (Å²) in [5.74, 6) is 1.89. The van der Waals surface area contributed by atoms with Gasteiger partial charge in [0.1, 0.15) is 17.5 Å². The maximum Gasteiger partial charge on any atom is 0.314 e. The Morgan fingerprint density at radius 3 is 2.09 bits per heavy atom. The zero-order valence-electron chi connectivity index (χ0n) is 37.6. The van der Waals surface area contributed by atoms with Crippen LogP contribution in [0.15, 0.2) is 79.3 Å². The highest BCUT2D eigenvalue weighted by molar-refractivity contribution is 5.82. The molecule has 1 aliphatic carbocycles. The van der Waals surface area contributed by atoms with Crippen LogP contribution < -0.4 is 30.7 Å². The number of aryl methyl sites for hydroxylation is 1. The molecule has 0 radical (unpaired) electrons. The highest BCUT2D eigenvalue weighted by atomic mass is 16.5. The number of ether oxygens (including phenoxy) is 2. The van der Waals surface area contributed by atoms with Gasteiger partial charge in [-0.15, -0.1) is 5.10 Å². The maximum absolute atomic E-state index is 11.8. The van der Waals surface area contributed by atoms with Crippen LogP contribution >= 0.6 is 0 Å². The van der Waals surface area contributed by atoms with Gasteiger partial charge in [0.15, 0.2) is 5.65 Å². The number of hydrogen-bond acceptors (Lipinski definition) is 13. The van der Waals surface area contributed by atoms with Crippen molar-refractivity contribution >= 4 is 46.1 Å². The lowest BCUT2D eigenvalue weighted by molar-refractivity contribution is -0.143. The largest absolute Gasteiger partial charge is 0.481 e. The van der Waals surface area contributed by atoms with Gasteiger partial charge in [-0.25, -0.2) is 19.5 Å². The number of nitrogens with two attached hydrogens (primary N) is 1. The van der Waals surface area contributed by atoms with E-state index in [0.717, 1.165) is 159 Å². The number of benzene rings is 1. The van der Waals surface area contributed by atoms with Gasteiger partial charge in [-0.3, -0.25) is 4.79 Å². The summed E-state index contributed by atoms with van der Waals surface area (Å²) in [7, 11) is 0. The van der Waals surface area contributed by atoms with E-state index in [2.05, 4.69) is 83.2 Å². The average molecular weight is 874 g/mol. The van der Waals surface area contributed by atoms with Crippen LogP contribution in [0.2, 0.25) is 0 Å². The van der Waals surface area contributed by atoms with Crippen molar-refractivity contribution in [3.63, 3.8) is 0 Å². The summed E-state index contributed by atoms with van der Waals surface area (Å²) < 4.78 is 12.7. The Bertz CT molecular complexity index is 2250. The molecule has 1 unspecified atom stereocenters. The first-order valence-electron chi connectivity index (χ1n) is 23.7. The van der Waals surface area contributed by atoms with Gasteiger partial charge in [0.25, 0.3) is 0 Å². The van der Waals surface area contributed by atoms with Gasteiger partial charge in [0.2, 0.25) is 0 Å². The molecule has 4 N–H and O–H groups in total. The fraction of sp³-hybridized carbons (Fsp3) is 0.531. The number of piperidine rings is 2. The van der Waals surface area contributed by atoms with E-state index < -0.39 is 11.4 Å². The number of rotatable bonds is 10. The van der Waals surface area contributed by atoms with Crippen LogP contribution in [-0.4, -0.2) is 120 Å². The Morgan fingerprint density at radius 1 is 0.750 bits per heavy atom. The van der Waals surface area contributed by atoms with Gasteiger partial charge in [-0.2, -0.15) is 0 Å².